The Hall–Kier alpha value is -4.83. The summed E-state index contributed by atoms with van der Waals surface area (Å²) < 4.78 is 9.46. The van der Waals surface area contributed by atoms with Crippen LogP contribution in [0, 0.1) is 0 Å². The molecule has 2 N–H and O–H groups in total. The molecule has 0 saturated heterocycles. The standard InChI is InChI=1S/C24H13ClO10/c25-18-8-7-16(23(32)34-21(30)14-5-1-3-12(9-14)19(26)27)11-17(18)24(33)35-22(31)15-6-2-4-13(10-15)20(28)29/h1-11H,(H,26,27)(H,28,29). The Morgan fingerprint density at radius 3 is 1.40 bits per heavy atom. The van der Waals surface area contributed by atoms with Crippen LogP contribution in [0.3, 0.4) is 0 Å². The van der Waals surface area contributed by atoms with E-state index in [-0.39, 0.29) is 32.8 Å². The number of hydrogen-bond donors (Lipinski definition) is 2. The number of aromatic carboxylic acids is 2. The summed E-state index contributed by atoms with van der Waals surface area (Å²) in [5, 5.41) is 17.8. The second-order valence-electron chi connectivity index (χ2n) is 6.82. The maximum atomic E-state index is 12.5. The number of carbonyl (C=O) groups excluding carboxylic acids is 4. The highest BCUT2D eigenvalue weighted by Crippen LogP contribution is 2.21. The van der Waals surface area contributed by atoms with E-state index < -0.39 is 41.4 Å². The predicted octanol–water partition coefficient (Wildman–Crippen LogP) is 3.73. The van der Waals surface area contributed by atoms with Gasteiger partial charge in [-0.15, -0.1) is 0 Å². The average Bonchev–Trinajstić information content (AvgIpc) is 2.84. The topological polar surface area (TPSA) is 161 Å². The zero-order valence-corrected chi connectivity index (χ0v) is 18.1. The van der Waals surface area contributed by atoms with E-state index in [0.29, 0.717) is 0 Å². The molecule has 0 spiro atoms. The normalized spacial score (nSPS) is 10.2. The third kappa shape index (κ3) is 5.95. The van der Waals surface area contributed by atoms with Crippen molar-refractivity contribution in [3.05, 3.63) is 105 Å². The van der Waals surface area contributed by atoms with Crippen LogP contribution in [-0.4, -0.2) is 46.0 Å². The molecule has 0 unspecified atom stereocenters. The Morgan fingerprint density at radius 1 is 0.543 bits per heavy atom. The van der Waals surface area contributed by atoms with E-state index in [1.165, 1.54) is 36.4 Å². The summed E-state index contributed by atoms with van der Waals surface area (Å²) in [6.45, 7) is 0. The molecule has 3 aromatic carbocycles. The lowest BCUT2D eigenvalue weighted by atomic mass is 10.1. The maximum Gasteiger partial charge on any atom is 0.347 e. The largest absolute Gasteiger partial charge is 0.478 e. The fourth-order valence-corrected chi connectivity index (χ4v) is 2.96. The van der Waals surface area contributed by atoms with E-state index >= 15 is 0 Å². The van der Waals surface area contributed by atoms with Crippen molar-refractivity contribution in [3.8, 4) is 0 Å². The summed E-state index contributed by atoms with van der Waals surface area (Å²) in [5.74, 6) is -7.28. The number of benzene rings is 3. The van der Waals surface area contributed by atoms with Crippen LogP contribution in [0.1, 0.15) is 62.1 Å². The van der Waals surface area contributed by atoms with Crippen molar-refractivity contribution in [1.82, 2.24) is 0 Å². The molecule has 0 aliphatic heterocycles. The minimum Gasteiger partial charge on any atom is -0.478 e. The summed E-state index contributed by atoms with van der Waals surface area (Å²) in [5.41, 5.74) is -1.48. The third-order valence-electron chi connectivity index (χ3n) is 4.48. The van der Waals surface area contributed by atoms with Crippen LogP contribution in [0.15, 0.2) is 66.7 Å². The van der Waals surface area contributed by atoms with Crippen molar-refractivity contribution >= 4 is 47.4 Å². The molecule has 0 bridgehead atoms. The van der Waals surface area contributed by atoms with Gasteiger partial charge in [-0.05, 0) is 54.6 Å². The van der Waals surface area contributed by atoms with Crippen molar-refractivity contribution in [2.24, 2.45) is 0 Å². The zero-order valence-electron chi connectivity index (χ0n) is 17.4. The van der Waals surface area contributed by atoms with Gasteiger partial charge in [0.2, 0.25) is 0 Å². The van der Waals surface area contributed by atoms with Gasteiger partial charge in [-0.25, -0.2) is 28.8 Å². The number of esters is 4. The highest BCUT2D eigenvalue weighted by Gasteiger charge is 2.22. The SMILES string of the molecule is O=C(O)c1cccc(C(=O)OC(=O)c2ccc(Cl)c(C(=O)OC(=O)c3cccc(C(=O)O)c3)c2)c1. The molecule has 0 aliphatic carbocycles. The fourth-order valence-electron chi connectivity index (χ4n) is 2.77. The first kappa shape index (κ1) is 24.8. The molecule has 0 fully saturated rings. The van der Waals surface area contributed by atoms with E-state index in [0.717, 1.165) is 30.3 Å². The Labute approximate surface area is 201 Å². The second kappa shape index (κ2) is 10.4. The minimum absolute atomic E-state index is 0.181. The number of ether oxygens (including phenoxy) is 2. The number of rotatable bonds is 6. The minimum atomic E-state index is -1.29. The summed E-state index contributed by atoms with van der Waals surface area (Å²) >= 11 is 5.98. The quantitative estimate of drug-likeness (QED) is 0.380. The summed E-state index contributed by atoms with van der Waals surface area (Å²) in [4.78, 5) is 71.4. The molecule has 3 rings (SSSR count). The molecule has 3 aromatic rings. The summed E-state index contributed by atoms with van der Waals surface area (Å²) in [7, 11) is 0. The third-order valence-corrected chi connectivity index (χ3v) is 4.81. The smallest absolute Gasteiger partial charge is 0.347 e. The first-order chi connectivity index (χ1) is 16.6. The molecule has 10 nitrogen and oxygen atoms in total. The van der Waals surface area contributed by atoms with Crippen LogP contribution in [0.2, 0.25) is 5.02 Å². The van der Waals surface area contributed by atoms with Gasteiger partial charge < -0.3 is 19.7 Å². The molecule has 0 saturated carbocycles. The summed E-state index contributed by atoms with van der Waals surface area (Å²) in [6.07, 6.45) is 0. The van der Waals surface area contributed by atoms with E-state index in [4.69, 9.17) is 31.3 Å². The number of carboxylic acid groups (broad SMARTS) is 2. The first-order valence-corrected chi connectivity index (χ1v) is 9.94. The van der Waals surface area contributed by atoms with Crippen LogP contribution in [0.25, 0.3) is 0 Å². The van der Waals surface area contributed by atoms with Gasteiger partial charge in [-0.2, -0.15) is 0 Å². The van der Waals surface area contributed by atoms with Crippen molar-refractivity contribution in [2.75, 3.05) is 0 Å². The Balaban J connectivity index is 1.76. The molecule has 0 amide bonds. The van der Waals surface area contributed by atoms with Crippen molar-refractivity contribution in [2.45, 2.75) is 0 Å². The van der Waals surface area contributed by atoms with Crippen molar-refractivity contribution in [1.29, 1.82) is 0 Å². The van der Waals surface area contributed by atoms with Crippen LogP contribution >= 0.6 is 11.6 Å². The first-order valence-electron chi connectivity index (χ1n) is 9.56. The highest BCUT2D eigenvalue weighted by atomic mass is 35.5. The van der Waals surface area contributed by atoms with E-state index in [9.17, 15) is 28.8 Å². The van der Waals surface area contributed by atoms with Gasteiger partial charge >= 0.3 is 35.8 Å². The predicted molar refractivity (Wildman–Crippen MR) is 118 cm³/mol. The Bertz CT molecular complexity index is 1390. The molecule has 35 heavy (non-hydrogen) atoms. The maximum absolute atomic E-state index is 12.5. The number of carboxylic acids is 2. The van der Waals surface area contributed by atoms with Crippen LogP contribution < -0.4 is 0 Å². The molecular formula is C24H13ClO10. The molecule has 176 valence electrons. The average molecular weight is 497 g/mol. The van der Waals surface area contributed by atoms with E-state index in [1.54, 1.807) is 0 Å². The lowest BCUT2D eigenvalue weighted by molar-refractivity contribution is 0.0386. The van der Waals surface area contributed by atoms with Gasteiger partial charge in [0, 0.05) is 0 Å². The molecule has 0 aliphatic rings. The van der Waals surface area contributed by atoms with Gasteiger partial charge in [0.25, 0.3) is 0 Å². The number of halogens is 1. The number of hydrogen-bond acceptors (Lipinski definition) is 8. The molecule has 0 aromatic heterocycles. The molecule has 11 heteroatoms. The molecule has 0 atom stereocenters. The molecule has 0 heterocycles. The van der Waals surface area contributed by atoms with Crippen LogP contribution in [0.4, 0.5) is 0 Å². The van der Waals surface area contributed by atoms with Crippen LogP contribution in [0.5, 0.6) is 0 Å². The van der Waals surface area contributed by atoms with Gasteiger partial charge in [-0.3, -0.25) is 0 Å². The van der Waals surface area contributed by atoms with Gasteiger partial charge in [0.05, 0.1) is 38.4 Å². The zero-order chi connectivity index (χ0) is 25.7. The second-order valence-corrected chi connectivity index (χ2v) is 7.23. The Kier molecular flexibility index (Phi) is 7.37. The lowest BCUT2D eigenvalue weighted by Crippen LogP contribution is -2.16. The van der Waals surface area contributed by atoms with Gasteiger partial charge in [0.1, 0.15) is 0 Å². The van der Waals surface area contributed by atoms with Gasteiger partial charge in [-0.1, -0.05) is 23.7 Å². The van der Waals surface area contributed by atoms with Crippen molar-refractivity contribution in [3.63, 3.8) is 0 Å². The lowest BCUT2D eigenvalue weighted by Gasteiger charge is -2.08. The van der Waals surface area contributed by atoms with E-state index in [2.05, 4.69) is 0 Å². The summed E-state index contributed by atoms with van der Waals surface area (Å²) in [6, 6.07) is 12.8. The fraction of sp³-hybridized carbons (Fsp3) is 0. The Morgan fingerprint density at radius 2 is 0.943 bits per heavy atom. The van der Waals surface area contributed by atoms with Crippen molar-refractivity contribution < 1.29 is 48.5 Å². The van der Waals surface area contributed by atoms with Gasteiger partial charge in [0.15, 0.2) is 0 Å². The van der Waals surface area contributed by atoms with Crippen LogP contribution in [-0.2, 0) is 9.47 Å². The molecular weight excluding hydrogens is 484 g/mol. The molecule has 0 radical (unpaired) electrons. The highest BCUT2D eigenvalue weighted by molar-refractivity contribution is 6.34. The van der Waals surface area contributed by atoms with E-state index in [1.807, 2.05) is 0 Å². The number of carbonyl (C=O) groups is 6. The monoisotopic (exact) mass is 496 g/mol.